The van der Waals surface area contributed by atoms with Crippen LogP contribution >= 0.6 is 89.9 Å². The maximum absolute atomic E-state index is 5.82. The molecule has 0 aliphatic rings. The summed E-state index contributed by atoms with van der Waals surface area (Å²) in [6.45, 7) is 4.99. The van der Waals surface area contributed by atoms with E-state index >= 15 is 0 Å². The fraction of sp³-hybridized carbons (Fsp3) is 1.00. The predicted molar refractivity (Wildman–Crippen MR) is 122 cm³/mol. The van der Waals surface area contributed by atoms with Crippen LogP contribution in [0.2, 0.25) is 0 Å². The molecular weight excluding hydrogens is 442 g/mol. The van der Waals surface area contributed by atoms with Crippen LogP contribution in [0.1, 0.15) is 0 Å². The summed E-state index contributed by atoms with van der Waals surface area (Å²) in [5.74, 6) is 1.40. The van der Waals surface area contributed by atoms with Crippen molar-refractivity contribution in [2.75, 3.05) is 19.2 Å². The van der Waals surface area contributed by atoms with Gasteiger partial charge < -0.3 is 0 Å². The summed E-state index contributed by atoms with van der Waals surface area (Å²) in [5, 5.41) is 0. The SMILES string of the molecule is CPSP(P)CP(PP)S(=S)P(C)P(P)P. The van der Waals surface area contributed by atoms with Crippen molar-refractivity contribution in [3.63, 3.8) is 0 Å². The predicted octanol–water partition coefficient (Wildman–Crippen LogP) is 6.95. The van der Waals surface area contributed by atoms with Gasteiger partial charge in [0.05, 0.1) is 0 Å². The highest BCUT2D eigenvalue weighted by atomic mass is 33.5. The average Bonchev–Trinajstić information content (AvgIpc) is 2.24. The summed E-state index contributed by atoms with van der Waals surface area (Å²) < 4.78 is 0. The summed E-state index contributed by atoms with van der Waals surface area (Å²) in [7, 11) is 14.3. The minimum atomic E-state index is 0.0409. The Balaban J connectivity index is 4.32. The van der Waals surface area contributed by atoms with E-state index in [1.54, 1.807) is 0 Å². The van der Waals surface area contributed by atoms with Crippen LogP contribution in [0.25, 0.3) is 0 Å². The summed E-state index contributed by atoms with van der Waals surface area (Å²) in [6, 6.07) is 0. The Hall–Kier alpha value is 5.22. The quantitative estimate of drug-likeness (QED) is 0.360. The molecule has 0 aromatic carbocycles. The van der Waals surface area contributed by atoms with E-state index < -0.39 is 0 Å². The molecule has 13 heteroatoms. The van der Waals surface area contributed by atoms with Gasteiger partial charge in [-0.1, -0.05) is 33.4 Å². The highest BCUT2D eigenvalue weighted by molar-refractivity contribution is 9.13. The molecule has 0 radical (unpaired) electrons. The molecule has 0 saturated heterocycles. The fourth-order valence-corrected chi connectivity index (χ4v) is 67.9. The van der Waals surface area contributed by atoms with Gasteiger partial charge in [-0.15, -0.1) is 37.8 Å². The van der Waals surface area contributed by atoms with E-state index in [1.807, 2.05) is 0 Å². The van der Waals surface area contributed by atoms with Crippen LogP contribution in [0.3, 0.4) is 0 Å². The van der Waals surface area contributed by atoms with Crippen molar-refractivity contribution in [1.82, 2.24) is 0 Å². The molecule has 0 rings (SSSR count). The van der Waals surface area contributed by atoms with Crippen LogP contribution in [-0.2, 0) is 19.9 Å². The van der Waals surface area contributed by atoms with E-state index in [-0.39, 0.29) is 36.1 Å². The van der Waals surface area contributed by atoms with Crippen molar-refractivity contribution < 1.29 is 0 Å². The number of hydrogen-bond acceptors (Lipinski definition) is 2. The van der Waals surface area contributed by atoms with Crippen molar-refractivity contribution in [1.29, 1.82) is 0 Å². The second kappa shape index (κ2) is 12.7. The summed E-state index contributed by atoms with van der Waals surface area (Å²) in [5.41, 5.74) is 0. The molecule has 0 nitrogen and oxygen atoms in total. The van der Waals surface area contributed by atoms with Gasteiger partial charge in [-0.2, -0.15) is 0 Å². The van der Waals surface area contributed by atoms with Gasteiger partial charge in [0.2, 0.25) is 0 Å². The standard InChI is InChI=1S/C3H18P10S3/c1-8-15-11(5)3-12(9-4)16(14)10(2)13(6)7/h8-9H,3-7H2,1-2H3. The van der Waals surface area contributed by atoms with Gasteiger partial charge in [0.25, 0.3) is 0 Å². The Bertz CT molecular complexity index is 211. The molecule has 0 bridgehead atoms. The molecule has 10 atom stereocenters. The van der Waals surface area contributed by atoms with Gasteiger partial charge in [-0.05, 0) is 51.9 Å². The van der Waals surface area contributed by atoms with Gasteiger partial charge in [-0.3, -0.25) is 0 Å². The zero-order chi connectivity index (χ0) is 12.7. The smallest absolute Gasteiger partial charge is 0.0147 e. The Labute approximate surface area is 128 Å². The Morgan fingerprint density at radius 1 is 1.38 bits per heavy atom. The molecular formula is C3H18P10S3. The fourth-order valence-electron chi connectivity index (χ4n) is 0.631. The molecule has 0 spiro atoms. The summed E-state index contributed by atoms with van der Waals surface area (Å²) in [4.78, 5) is 0. The number of rotatable bonds is 8. The van der Waals surface area contributed by atoms with Gasteiger partial charge >= 0.3 is 0 Å². The third-order valence-electron chi connectivity index (χ3n) is 1.36. The Morgan fingerprint density at radius 2 is 1.94 bits per heavy atom. The van der Waals surface area contributed by atoms with E-state index in [0.29, 0.717) is 0 Å². The van der Waals surface area contributed by atoms with Crippen molar-refractivity contribution in [2.24, 2.45) is 0 Å². The van der Waals surface area contributed by atoms with Crippen LogP contribution in [0.15, 0.2) is 0 Å². The van der Waals surface area contributed by atoms with Gasteiger partial charge in [0, 0.05) is 5.90 Å². The van der Waals surface area contributed by atoms with Crippen molar-refractivity contribution in [2.45, 2.75) is 0 Å². The lowest BCUT2D eigenvalue weighted by atomic mass is 11.9. The lowest BCUT2D eigenvalue weighted by Crippen LogP contribution is -1.78. The van der Waals surface area contributed by atoms with Crippen LogP contribution < -0.4 is 0 Å². The molecule has 0 aromatic rings. The van der Waals surface area contributed by atoms with Crippen molar-refractivity contribution in [3.05, 3.63) is 0 Å². The van der Waals surface area contributed by atoms with Crippen LogP contribution in [0.5, 0.6) is 0 Å². The molecule has 0 amide bonds. The Kier molecular flexibility index (Phi) is 16.9. The van der Waals surface area contributed by atoms with Crippen molar-refractivity contribution in [3.8, 4) is 0 Å². The average molecular weight is 460 g/mol. The molecule has 0 fully saturated rings. The molecule has 16 heavy (non-hydrogen) atoms. The lowest BCUT2D eigenvalue weighted by molar-refractivity contribution is 2.28. The third-order valence-corrected chi connectivity index (χ3v) is 55.5. The number of hydrogen-bond donors (Lipinski definition) is 0. The minimum Gasteiger partial charge on any atom is -0.109 e. The second-order valence-electron chi connectivity index (χ2n) is 2.44. The zero-order valence-electron chi connectivity index (χ0n) is 9.03. The molecule has 0 N–H and O–H groups in total. The second-order valence-corrected chi connectivity index (χ2v) is 41.9. The van der Waals surface area contributed by atoms with E-state index in [2.05, 4.69) is 60.0 Å². The first-order valence-electron chi connectivity index (χ1n) is 3.99. The largest absolute Gasteiger partial charge is 0.109 e. The van der Waals surface area contributed by atoms with Crippen LogP contribution in [0.4, 0.5) is 0 Å². The van der Waals surface area contributed by atoms with Crippen LogP contribution in [-0.4, -0.2) is 19.2 Å². The molecule has 0 aromatic heterocycles. The topological polar surface area (TPSA) is 0 Å². The van der Waals surface area contributed by atoms with Gasteiger partial charge in [-0.25, -0.2) is 0 Å². The van der Waals surface area contributed by atoms with E-state index in [9.17, 15) is 0 Å². The summed E-state index contributed by atoms with van der Waals surface area (Å²) in [6.07, 6.45) is 0. The highest BCUT2D eigenvalue weighted by Gasteiger charge is 2.21. The first-order valence-corrected chi connectivity index (χ1v) is 26.4. The van der Waals surface area contributed by atoms with E-state index in [4.69, 9.17) is 11.2 Å². The first kappa shape index (κ1) is 21.2. The zero-order valence-corrected chi connectivity index (χ0v) is 21.7. The monoisotopic (exact) mass is 460 g/mol. The highest BCUT2D eigenvalue weighted by Crippen LogP contribution is 2.87. The normalized spacial score (nSPS) is 20.9. The maximum atomic E-state index is 5.82. The molecule has 0 heterocycles. The van der Waals surface area contributed by atoms with E-state index in [0.717, 1.165) is 15.7 Å². The molecule has 10 unspecified atom stereocenters. The molecule has 0 saturated carbocycles. The minimum absolute atomic E-state index is 0.0409. The third kappa shape index (κ3) is 9.28. The first-order chi connectivity index (χ1) is 7.43. The lowest BCUT2D eigenvalue weighted by Gasteiger charge is -2.26. The van der Waals surface area contributed by atoms with Gasteiger partial charge in [0.15, 0.2) is 0 Å². The molecule has 0 aliphatic carbocycles. The van der Waals surface area contributed by atoms with Crippen LogP contribution in [0, 0.1) is 0 Å². The Morgan fingerprint density at radius 3 is 2.31 bits per heavy atom. The van der Waals surface area contributed by atoms with E-state index in [1.165, 1.54) is 5.90 Å². The van der Waals surface area contributed by atoms with Crippen molar-refractivity contribution >= 4 is 110 Å². The molecule has 98 valence electrons. The maximum Gasteiger partial charge on any atom is 0.0147 e. The molecule has 0 aliphatic heterocycles. The van der Waals surface area contributed by atoms with Gasteiger partial charge in [0.1, 0.15) is 0 Å². The summed E-state index contributed by atoms with van der Waals surface area (Å²) >= 11 is 7.96.